The molecule has 0 aliphatic rings. The van der Waals surface area contributed by atoms with Crippen LogP contribution in [0.15, 0.2) is 40.4 Å². The van der Waals surface area contributed by atoms with Crippen molar-refractivity contribution in [3.63, 3.8) is 0 Å². The molecule has 15 heavy (non-hydrogen) atoms. The Bertz CT molecular complexity index is 381. The fourth-order valence-electron chi connectivity index (χ4n) is 1.15. The molecule has 0 saturated heterocycles. The fourth-order valence-corrected chi connectivity index (χ4v) is 1.60. The fraction of sp³-hybridized carbons (Fsp3) is 0.250. The monoisotopic (exact) mass is 267 g/mol. The molecular formula is C12H14BrNO. The van der Waals surface area contributed by atoms with E-state index < -0.39 is 0 Å². The van der Waals surface area contributed by atoms with Gasteiger partial charge in [0.1, 0.15) is 0 Å². The Morgan fingerprint density at radius 3 is 2.80 bits per heavy atom. The second kappa shape index (κ2) is 5.71. The van der Waals surface area contributed by atoms with Gasteiger partial charge in [0, 0.05) is 17.1 Å². The molecule has 0 fully saturated rings. The first-order valence-electron chi connectivity index (χ1n) is 4.75. The summed E-state index contributed by atoms with van der Waals surface area (Å²) < 4.78 is 1.02. The summed E-state index contributed by atoms with van der Waals surface area (Å²) >= 11 is 3.38. The van der Waals surface area contributed by atoms with Crippen molar-refractivity contribution in [3.05, 3.63) is 46.0 Å². The molecule has 1 N–H and O–H groups in total. The van der Waals surface area contributed by atoms with Gasteiger partial charge in [-0.25, -0.2) is 0 Å². The van der Waals surface area contributed by atoms with E-state index in [9.17, 15) is 4.79 Å². The average molecular weight is 268 g/mol. The lowest BCUT2D eigenvalue weighted by molar-refractivity contribution is -0.116. The average Bonchev–Trinajstić information content (AvgIpc) is 2.14. The molecule has 0 spiro atoms. The number of nitrogens with one attached hydrogen (secondary N) is 1. The lowest BCUT2D eigenvalue weighted by atomic mass is 10.2. The molecule has 0 aliphatic carbocycles. The number of carbonyl (C=O) groups excluding carboxylic acids is 1. The minimum absolute atomic E-state index is 0.0463. The van der Waals surface area contributed by atoms with Crippen LogP contribution in [0.5, 0.6) is 0 Å². The third kappa shape index (κ3) is 4.79. The first-order valence-corrected chi connectivity index (χ1v) is 5.54. The summed E-state index contributed by atoms with van der Waals surface area (Å²) in [6, 6.07) is 7.88. The molecule has 1 aromatic rings. The molecular weight excluding hydrogens is 254 g/mol. The van der Waals surface area contributed by atoms with Gasteiger partial charge in [-0.1, -0.05) is 33.6 Å². The van der Waals surface area contributed by atoms with Crippen LogP contribution in [0.1, 0.15) is 19.4 Å². The number of carbonyl (C=O) groups is 1. The van der Waals surface area contributed by atoms with E-state index >= 15 is 0 Å². The molecule has 0 radical (unpaired) electrons. The van der Waals surface area contributed by atoms with E-state index in [1.54, 1.807) is 6.08 Å². The Labute approximate surface area is 98.5 Å². The largest absolute Gasteiger partial charge is 0.348 e. The van der Waals surface area contributed by atoms with Crippen LogP contribution in [-0.4, -0.2) is 5.91 Å². The maximum atomic E-state index is 11.3. The van der Waals surface area contributed by atoms with Crippen LogP contribution in [-0.2, 0) is 11.3 Å². The first-order chi connectivity index (χ1) is 7.08. The Morgan fingerprint density at radius 2 is 2.20 bits per heavy atom. The molecule has 0 atom stereocenters. The van der Waals surface area contributed by atoms with Gasteiger partial charge < -0.3 is 5.32 Å². The van der Waals surface area contributed by atoms with Gasteiger partial charge in [0.25, 0.3) is 0 Å². The van der Waals surface area contributed by atoms with Gasteiger partial charge in [0.2, 0.25) is 5.91 Å². The molecule has 0 saturated carbocycles. The molecule has 0 aliphatic heterocycles. The van der Waals surface area contributed by atoms with Crippen molar-refractivity contribution in [2.24, 2.45) is 0 Å². The lowest BCUT2D eigenvalue weighted by Gasteiger charge is -2.03. The highest BCUT2D eigenvalue weighted by Crippen LogP contribution is 2.11. The van der Waals surface area contributed by atoms with Gasteiger partial charge in [0.05, 0.1) is 0 Å². The van der Waals surface area contributed by atoms with E-state index in [1.165, 1.54) is 0 Å². The van der Waals surface area contributed by atoms with Crippen molar-refractivity contribution in [1.82, 2.24) is 5.32 Å². The zero-order valence-corrected chi connectivity index (χ0v) is 10.5. The lowest BCUT2D eigenvalue weighted by Crippen LogP contribution is -2.20. The van der Waals surface area contributed by atoms with E-state index in [1.807, 2.05) is 38.1 Å². The molecule has 0 unspecified atom stereocenters. The van der Waals surface area contributed by atoms with Crippen molar-refractivity contribution in [1.29, 1.82) is 0 Å². The molecule has 80 valence electrons. The van der Waals surface area contributed by atoms with Gasteiger partial charge in [-0.15, -0.1) is 0 Å². The standard InChI is InChI=1S/C12H14BrNO/c1-9(2)6-12(15)14-8-10-4-3-5-11(13)7-10/h3-7H,8H2,1-2H3,(H,14,15). The summed E-state index contributed by atoms with van der Waals surface area (Å²) in [7, 11) is 0. The van der Waals surface area contributed by atoms with Crippen LogP contribution >= 0.6 is 15.9 Å². The number of halogens is 1. The van der Waals surface area contributed by atoms with Crippen molar-refractivity contribution >= 4 is 21.8 Å². The minimum Gasteiger partial charge on any atom is -0.348 e. The van der Waals surface area contributed by atoms with E-state index in [4.69, 9.17) is 0 Å². The van der Waals surface area contributed by atoms with E-state index in [2.05, 4.69) is 21.2 Å². The number of benzene rings is 1. The number of amides is 1. The van der Waals surface area contributed by atoms with Crippen molar-refractivity contribution in [2.75, 3.05) is 0 Å². The van der Waals surface area contributed by atoms with Gasteiger partial charge in [-0.05, 0) is 31.5 Å². The summed E-state index contributed by atoms with van der Waals surface area (Å²) in [6.45, 7) is 4.36. The first kappa shape index (κ1) is 12.0. The van der Waals surface area contributed by atoms with Gasteiger partial charge in [0.15, 0.2) is 0 Å². The normalized spacial score (nSPS) is 9.53. The molecule has 2 nitrogen and oxygen atoms in total. The third-order valence-electron chi connectivity index (χ3n) is 1.78. The van der Waals surface area contributed by atoms with Crippen LogP contribution in [0, 0.1) is 0 Å². The maximum Gasteiger partial charge on any atom is 0.244 e. The molecule has 0 aromatic heterocycles. The van der Waals surface area contributed by atoms with Crippen molar-refractivity contribution in [3.8, 4) is 0 Å². The number of rotatable bonds is 3. The number of hydrogen-bond donors (Lipinski definition) is 1. The van der Waals surface area contributed by atoms with Crippen LogP contribution in [0.3, 0.4) is 0 Å². The van der Waals surface area contributed by atoms with Crippen LogP contribution in [0.2, 0.25) is 0 Å². The van der Waals surface area contributed by atoms with Crippen molar-refractivity contribution in [2.45, 2.75) is 20.4 Å². The molecule has 1 aromatic carbocycles. The topological polar surface area (TPSA) is 29.1 Å². The second-order valence-electron chi connectivity index (χ2n) is 3.57. The van der Waals surface area contributed by atoms with Crippen LogP contribution in [0.25, 0.3) is 0 Å². The Hall–Kier alpha value is -1.09. The zero-order valence-electron chi connectivity index (χ0n) is 8.88. The minimum atomic E-state index is -0.0463. The maximum absolute atomic E-state index is 11.3. The predicted molar refractivity (Wildman–Crippen MR) is 65.4 cm³/mol. The summed E-state index contributed by atoms with van der Waals surface area (Å²) in [5.74, 6) is -0.0463. The van der Waals surface area contributed by atoms with Crippen LogP contribution in [0.4, 0.5) is 0 Å². The van der Waals surface area contributed by atoms with E-state index in [0.29, 0.717) is 6.54 Å². The van der Waals surface area contributed by atoms with Crippen LogP contribution < -0.4 is 5.32 Å². The number of hydrogen-bond acceptors (Lipinski definition) is 1. The Kier molecular flexibility index (Phi) is 4.56. The third-order valence-corrected chi connectivity index (χ3v) is 2.27. The highest BCUT2D eigenvalue weighted by atomic mass is 79.9. The smallest absolute Gasteiger partial charge is 0.244 e. The molecule has 1 rings (SSSR count). The summed E-state index contributed by atoms with van der Waals surface area (Å²) in [5.41, 5.74) is 2.08. The Morgan fingerprint density at radius 1 is 1.47 bits per heavy atom. The van der Waals surface area contributed by atoms with Gasteiger partial charge in [-0.3, -0.25) is 4.79 Å². The number of allylic oxidation sites excluding steroid dienone is 1. The summed E-state index contributed by atoms with van der Waals surface area (Å²) in [5, 5.41) is 2.82. The van der Waals surface area contributed by atoms with Crippen molar-refractivity contribution < 1.29 is 4.79 Å². The van der Waals surface area contributed by atoms with E-state index in [-0.39, 0.29) is 5.91 Å². The quantitative estimate of drug-likeness (QED) is 0.839. The second-order valence-corrected chi connectivity index (χ2v) is 4.49. The highest BCUT2D eigenvalue weighted by Gasteiger charge is 1.97. The Balaban J connectivity index is 2.51. The SMILES string of the molecule is CC(C)=CC(=O)NCc1cccc(Br)c1. The van der Waals surface area contributed by atoms with E-state index in [0.717, 1.165) is 15.6 Å². The molecule has 0 heterocycles. The molecule has 0 bridgehead atoms. The van der Waals surface area contributed by atoms with Gasteiger partial charge in [-0.2, -0.15) is 0 Å². The summed E-state index contributed by atoms with van der Waals surface area (Å²) in [4.78, 5) is 11.3. The molecule has 1 amide bonds. The van der Waals surface area contributed by atoms with Gasteiger partial charge >= 0.3 is 0 Å². The highest BCUT2D eigenvalue weighted by molar-refractivity contribution is 9.10. The predicted octanol–water partition coefficient (Wildman–Crippen LogP) is 3.03. The summed E-state index contributed by atoms with van der Waals surface area (Å²) in [6.07, 6.45) is 1.60. The zero-order chi connectivity index (χ0) is 11.3. The molecule has 3 heteroatoms.